The normalized spacial score (nSPS) is 19.0. The molecule has 0 aliphatic heterocycles. The number of nitrogens with two attached hydrogens (primary N) is 1. The summed E-state index contributed by atoms with van der Waals surface area (Å²) in [5, 5.41) is 0. The van der Waals surface area contributed by atoms with Crippen LogP contribution in [0.15, 0.2) is 18.2 Å². The number of carbonyl (C=O) groups excluding carboxylic acids is 1. The van der Waals surface area contributed by atoms with Crippen LogP contribution in [-0.4, -0.2) is 11.3 Å². The van der Waals surface area contributed by atoms with Gasteiger partial charge in [-0.05, 0) is 38.3 Å². The van der Waals surface area contributed by atoms with Crippen molar-refractivity contribution in [2.75, 3.05) is 0 Å². The number of Topliss-reactive ketones (excluding diaryl/α,β-unsaturated/α-hetero) is 1. The molecule has 17 heavy (non-hydrogen) atoms. The van der Waals surface area contributed by atoms with Crippen molar-refractivity contribution in [1.29, 1.82) is 0 Å². The van der Waals surface area contributed by atoms with Gasteiger partial charge in [0.25, 0.3) is 0 Å². The lowest BCUT2D eigenvalue weighted by Crippen LogP contribution is -2.49. The van der Waals surface area contributed by atoms with Crippen molar-refractivity contribution in [3.05, 3.63) is 34.9 Å². The number of aryl methyl sites for hydroxylation is 2. The summed E-state index contributed by atoms with van der Waals surface area (Å²) in [6.45, 7) is 4.00. The Hall–Kier alpha value is -1.15. The highest BCUT2D eigenvalue weighted by Gasteiger charge is 2.36. The van der Waals surface area contributed by atoms with Gasteiger partial charge in [-0.3, -0.25) is 4.79 Å². The number of ketones is 1. The van der Waals surface area contributed by atoms with E-state index in [2.05, 4.69) is 0 Å². The maximum absolute atomic E-state index is 12.6. The molecular formula is C15H21NO. The molecule has 1 fully saturated rings. The second-order valence-corrected chi connectivity index (χ2v) is 5.36. The van der Waals surface area contributed by atoms with Crippen molar-refractivity contribution >= 4 is 5.78 Å². The van der Waals surface area contributed by atoms with E-state index < -0.39 is 5.54 Å². The Morgan fingerprint density at radius 3 is 2.47 bits per heavy atom. The summed E-state index contributed by atoms with van der Waals surface area (Å²) in [7, 11) is 0. The third-order valence-electron chi connectivity index (χ3n) is 3.84. The molecule has 0 saturated heterocycles. The van der Waals surface area contributed by atoms with Gasteiger partial charge in [0.15, 0.2) is 5.78 Å². The van der Waals surface area contributed by atoms with Crippen LogP contribution in [0.2, 0.25) is 0 Å². The number of carbonyl (C=O) groups is 1. The van der Waals surface area contributed by atoms with Gasteiger partial charge in [0, 0.05) is 5.56 Å². The first kappa shape index (κ1) is 12.3. The maximum atomic E-state index is 12.6. The van der Waals surface area contributed by atoms with E-state index in [0.29, 0.717) is 0 Å². The first-order valence-electron chi connectivity index (χ1n) is 6.44. The lowest BCUT2D eigenvalue weighted by molar-refractivity contribution is 0.0847. The monoisotopic (exact) mass is 231 g/mol. The molecule has 92 valence electrons. The zero-order chi connectivity index (χ0) is 12.5. The van der Waals surface area contributed by atoms with Crippen LogP contribution in [0.1, 0.15) is 53.6 Å². The summed E-state index contributed by atoms with van der Waals surface area (Å²) in [5.41, 5.74) is 8.67. The Balaban J connectivity index is 2.32. The first-order valence-corrected chi connectivity index (χ1v) is 6.44. The lowest BCUT2D eigenvalue weighted by Gasteiger charge is -2.32. The highest BCUT2D eigenvalue weighted by atomic mass is 16.1. The molecule has 1 aromatic carbocycles. The molecule has 1 aliphatic rings. The molecule has 0 spiro atoms. The second-order valence-electron chi connectivity index (χ2n) is 5.36. The molecule has 2 nitrogen and oxygen atoms in total. The Bertz CT molecular complexity index is 431. The summed E-state index contributed by atoms with van der Waals surface area (Å²) in [4.78, 5) is 12.6. The quantitative estimate of drug-likeness (QED) is 0.794. The molecule has 0 aromatic heterocycles. The predicted octanol–water partition coefficient (Wildman–Crippen LogP) is 3.15. The Morgan fingerprint density at radius 2 is 1.82 bits per heavy atom. The molecule has 0 amide bonds. The van der Waals surface area contributed by atoms with Crippen LogP contribution in [0.4, 0.5) is 0 Å². The van der Waals surface area contributed by atoms with Crippen LogP contribution in [-0.2, 0) is 0 Å². The third kappa shape index (κ3) is 2.42. The summed E-state index contributed by atoms with van der Waals surface area (Å²) in [6.07, 6.45) is 5.03. The molecular weight excluding hydrogens is 210 g/mol. The van der Waals surface area contributed by atoms with E-state index in [-0.39, 0.29) is 5.78 Å². The highest BCUT2D eigenvalue weighted by Crippen LogP contribution is 2.30. The Labute approximate surface area is 103 Å². The van der Waals surface area contributed by atoms with Crippen LogP contribution in [0.5, 0.6) is 0 Å². The molecule has 2 rings (SSSR count). The van der Waals surface area contributed by atoms with Gasteiger partial charge in [-0.25, -0.2) is 0 Å². The average molecular weight is 231 g/mol. The Morgan fingerprint density at radius 1 is 1.18 bits per heavy atom. The topological polar surface area (TPSA) is 43.1 Å². The fourth-order valence-electron chi connectivity index (χ4n) is 2.66. The van der Waals surface area contributed by atoms with Crippen LogP contribution in [0.25, 0.3) is 0 Å². The van der Waals surface area contributed by atoms with Gasteiger partial charge in [0.05, 0.1) is 5.54 Å². The van der Waals surface area contributed by atoms with Gasteiger partial charge in [-0.2, -0.15) is 0 Å². The largest absolute Gasteiger partial charge is 0.319 e. The summed E-state index contributed by atoms with van der Waals surface area (Å²) < 4.78 is 0. The molecule has 2 N–H and O–H groups in total. The summed E-state index contributed by atoms with van der Waals surface area (Å²) in [5.74, 6) is 0.137. The van der Waals surface area contributed by atoms with Crippen molar-refractivity contribution in [2.45, 2.75) is 51.5 Å². The van der Waals surface area contributed by atoms with Gasteiger partial charge in [-0.1, -0.05) is 37.0 Å². The molecule has 0 unspecified atom stereocenters. The number of benzene rings is 1. The fraction of sp³-hybridized carbons (Fsp3) is 0.533. The van der Waals surface area contributed by atoms with E-state index in [1.165, 1.54) is 6.42 Å². The molecule has 0 bridgehead atoms. The number of rotatable bonds is 2. The Kier molecular flexibility index (Phi) is 3.34. The van der Waals surface area contributed by atoms with Crippen molar-refractivity contribution in [3.8, 4) is 0 Å². The van der Waals surface area contributed by atoms with Crippen LogP contribution >= 0.6 is 0 Å². The predicted molar refractivity (Wildman–Crippen MR) is 70.2 cm³/mol. The number of hydrogen-bond acceptors (Lipinski definition) is 2. The second kappa shape index (κ2) is 4.61. The molecule has 0 radical (unpaired) electrons. The number of hydrogen-bond donors (Lipinski definition) is 1. The van der Waals surface area contributed by atoms with E-state index in [1.807, 2.05) is 32.0 Å². The van der Waals surface area contributed by atoms with E-state index in [4.69, 9.17) is 5.73 Å². The molecule has 0 heterocycles. The minimum absolute atomic E-state index is 0.137. The fourth-order valence-corrected chi connectivity index (χ4v) is 2.66. The van der Waals surface area contributed by atoms with Gasteiger partial charge in [-0.15, -0.1) is 0 Å². The average Bonchev–Trinajstić information content (AvgIpc) is 2.32. The van der Waals surface area contributed by atoms with E-state index in [9.17, 15) is 4.79 Å². The van der Waals surface area contributed by atoms with Crippen LogP contribution in [0, 0.1) is 13.8 Å². The van der Waals surface area contributed by atoms with Crippen molar-refractivity contribution in [3.63, 3.8) is 0 Å². The molecule has 1 aromatic rings. The van der Waals surface area contributed by atoms with Gasteiger partial charge < -0.3 is 5.73 Å². The zero-order valence-corrected chi connectivity index (χ0v) is 10.8. The van der Waals surface area contributed by atoms with Crippen LogP contribution < -0.4 is 5.73 Å². The zero-order valence-electron chi connectivity index (χ0n) is 10.8. The SMILES string of the molecule is Cc1ccc(C)c(C(=O)C2(N)CCCCC2)c1. The standard InChI is InChI=1S/C15H21NO/c1-11-6-7-12(2)13(10-11)14(17)15(16)8-4-3-5-9-15/h6-7,10H,3-5,8-9,16H2,1-2H3. The van der Waals surface area contributed by atoms with E-state index in [0.717, 1.165) is 42.4 Å². The first-order chi connectivity index (χ1) is 8.03. The lowest BCUT2D eigenvalue weighted by atomic mass is 9.76. The molecule has 0 atom stereocenters. The molecule has 1 aliphatic carbocycles. The van der Waals surface area contributed by atoms with E-state index >= 15 is 0 Å². The van der Waals surface area contributed by atoms with Crippen molar-refractivity contribution < 1.29 is 4.79 Å². The van der Waals surface area contributed by atoms with Gasteiger partial charge >= 0.3 is 0 Å². The molecule has 2 heteroatoms. The van der Waals surface area contributed by atoms with Gasteiger partial charge in [0.2, 0.25) is 0 Å². The third-order valence-corrected chi connectivity index (χ3v) is 3.84. The van der Waals surface area contributed by atoms with Crippen molar-refractivity contribution in [2.24, 2.45) is 5.73 Å². The van der Waals surface area contributed by atoms with Crippen molar-refractivity contribution in [1.82, 2.24) is 0 Å². The smallest absolute Gasteiger partial charge is 0.182 e. The van der Waals surface area contributed by atoms with Crippen LogP contribution in [0.3, 0.4) is 0 Å². The van der Waals surface area contributed by atoms with Gasteiger partial charge in [0.1, 0.15) is 0 Å². The molecule has 1 saturated carbocycles. The minimum Gasteiger partial charge on any atom is -0.319 e. The highest BCUT2D eigenvalue weighted by molar-refractivity contribution is 6.04. The van der Waals surface area contributed by atoms with E-state index in [1.54, 1.807) is 0 Å². The summed E-state index contributed by atoms with van der Waals surface area (Å²) in [6, 6.07) is 6.02. The summed E-state index contributed by atoms with van der Waals surface area (Å²) >= 11 is 0. The minimum atomic E-state index is -0.614. The maximum Gasteiger partial charge on any atom is 0.182 e.